The molecule has 3 rings (SSSR count). The van der Waals surface area contributed by atoms with Crippen LogP contribution in [0.2, 0.25) is 0 Å². The molecule has 0 fully saturated rings. The van der Waals surface area contributed by atoms with Gasteiger partial charge in [0.05, 0.1) is 12.8 Å². The predicted octanol–water partition coefficient (Wildman–Crippen LogP) is 2.97. The predicted molar refractivity (Wildman–Crippen MR) is 106 cm³/mol. The lowest BCUT2D eigenvalue weighted by molar-refractivity contribution is -0.132. The molecule has 1 amide bonds. The molecule has 1 N–H and O–H groups in total. The van der Waals surface area contributed by atoms with Crippen LogP contribution in [0.25, 0.3) is 0 Å². The molecule has 0 aliphatic carbocycles. The third-order valence-electron chi connectivity index (χ3n) is 4.35. The van der Waals surface area contributed by atoms with E-state index in [1.165, 1.54) is 23.3 Å². The van der Waals surface area contributed by atoms with Gasteiger partial charge in [0, 0.05) is 7.05 Å². The van der Waals surface area contributed by atoms with Gasteiger partial charge in [-0.15, -0.1) is 0 Å². The molecule has 0 radical (unpaired) electrons. The standard InChI is InChI=1S/C21H21FN2O4S/c1-24(15-17-10-7-13-28-17)21(25)19(14-16-8-3-2-4-9-16)23-29(26,27)20-12-6-5-11-18(20)22/h2-13,19,23H,14-15H2,1H3. The Kier molecular flexibility index (Phi) is 6.46. The van der Waals surface area contributed by atoms with Crippen LogP contribution < -0.4 is 4.72 Å². The smallest absolute Gasteiger partial charge is 0.244 e. The fraction of sp³-hybridized carbons (Fsp3) is 0.190. The third-order valence-corrected chi connectivity index (χ3v) is 5.86. The first-order valence-electron chi connectivity index (χ1n) is 8.95. The number of carbonyl (C=O) groups is 1. The molecule has 6 nitrogen and oxygen atoms in total. The van der Waals surface area contributed by atoms with E-state index < -0.39 is 32.7 Å². The number of amides is 1. The van der Waals surface area contributed by atoms with Crippen LogP contribution in [0, 0.1) is 5.82 Å². The number of rotatable bonds is 8. The second-order valence-electron chi connectivity index (χ2n) is 6.57. The molecular formula is C21H21FN2O4S. The number of hydrogen-bond donors (Lipinski definition) is 1. The van der Waals surface area contributed by atoms with Crippen LogP contribution in [-0.4, -0.2) is 32.3 Å². The highest BCUT2D eigenvalue weighted by molar-refractivity contribution is 7.89. The van der Waals surface area contributed by atoms with E-state index in [4.69, 9.17) is 4.42 Å². The highest BCUT2D eigenvalue weighted by Crippen LogP contribution is 2.16. The number of nitrogens with zero attached hydrogens (tertiary/aromatic N) is 1. The summed E-state index contributed by atoms with van der Waals surface area (Å²) in [6.45, 7) is 0.179. The number of furan rings is 1. The second-order valence-corrected chi connectivity index (χ2v) is 8.25. The van der Waals surface area contributed by atoms with Crippen molar-refractivity contribution >= 4 is 15.9 Å². The number of hydrogen-bond acceptors (Lipinski definition) is 4. The Morgan fingerprint density at radius 3 is 2.41 bits per heavy atom. The number of halogens is 1. The van der Waals surface area contributed by atoms with E-state index in [1.54, 1.807) is 43.4 Å². The van der Waals surface area contributed by atoms with Gasteiger partial charge in [-0.3, -0.25) is 4.79 Å². The van der Waals surface area contributed by atoms with Gasteiger partial charge in [-0.05, 0) is 36.2 Å². The van der Waals surface area contributed by atoms with Crippen LogP contribution in [0.4, 0.5) is 4.39 Å². The van der Waals surface area contributed by atoms with Gasteiger partial charge in [-0.25, -0.2) is 12.8 Å². The first kappa shape index (κ1) is 20.8. The van der Waals surface area contributed by atoms with Crippen LogP contribution in [-0.2, 0) is 27.8 Å². The summed E-state index contributed by atoms with van der Waals surface area (Å²) >= 11 is 0. The van der Waals surface area contributed by atoms with Gasteiger partial charge in [0.25, 0.3) is 0 Å². The monoisotopic (exact) mass is 416 g/mol. The summed E-state index contributed by atoms with van der Waals surface area (Å²) < 4.78 is 47.2. The second kappa shape index (κ2) is 9.02. The van der Waals surface area contributed by atoms with E-state index in [0.29, 0.717) is 5.76 Å². The number of likely N-dealkylation sites (N-methyl/N-ethyl adjacent to an activating group) is 1. The van der Waals surface area contributed by atoms with Crippen LogP contribution >= 0.6 is 0 Å². The van der Waals surface area contributed by atoms with Crippen molar-refractivity contribution in [3.8, 4) is 0 Å². The molecule has 0 saturated carbocycles. The minimum Gasteiger partial charge on any atom is -0.467 e. The van der Waals surface area contributed by atoms with Gasteiger partial charge >= 0.3 is 0 Å². The van der Waals surface area contributed by atoms with Gasteiger partial charge < -0.3 is 9.32 Å². The van der Waals surface area contributed by atoms with Crippen molar-refractivity contribution in [2.24, 2.45) is 0 Å². The lowest BCUT2D eigenvalue weighted by Gasteiger charge is -2.24. The lowest BCUT2D eigenvalue weighted by atomic mass is 10.1. The Bertz CT molecular complexity index is 1050. The van der Waals surface area contributed by atoms with Crippen molar-refractivity contribution in [1.29, 1.82) is 0 Å². The summed E-state index contributed by atoms with van der Waals surface area (Å²) in [5.74, 6) is -0.767. The molecule has 0 saturated heterocycles. The Balaban J connectivity index is 1.86. The third kappa shape index (κ3) is 5.30. The van der Waals surface area contributed by atoms with Gasteiger partial charge in [0.15, 0.2) is 0 Å². The van der Waals surface area contributed by atoms with E-state index in [2.05, 4.69) is 4.72 Å². The van der Waals surface area contributed by atoms with E-state index in [0.717, 1.165) is 17.7 Å². The molecule has 29 heavy (non-hydrogen) atoms. The number of carbonyl (C=O) groups excluding carboxylic acids is 1. The van der Waals surface area contributed by atoms with Crippen LogP contribution in [0.5, 0.6) is 0 Å². The van der Waals surface area contributed by atoms with Crippen LogP contribution in [0.3, 0.4) is 0 Å². The quantitative estimate of drug-likeness (QED) is 0.612. The molecule has 0 aliphatic heterocycles. The Morgan fingerprint density at radius 2 is 1.76 bits per heavy atom. The largest absolute Gasteiger partial charge is 0.467 e. The van der Waals surface area contributed by atoms with Gasteiger partial charge in [0.1, 0.15) is 22.5 Å². The maximum absolute atomic E-state index is 14.0. The lowest BCUT2D eigenvalue weighted by Crippen LogP contribution is -2.48. The first-order valence-corrected chi connectivity index (χ1v) is 10.4. The highest BCUT2D eigenvalue weighted by atomic mass is 32.2. The molecular weight excluding hydrogens is 395 g/mol. The number of sulfonamides is 1. The zero-order chi connectivity index (χ0) is 20.9. The van der Waals surface area contributed by atoms with Crippen molar-refractivity contribution in [2.45, 2.75) is 23.9 Å². The van der Waals surface area contributed by atoms with Crippen molar-refractivity contribution in [1.82, 2.24) is 9.62 Å². The van der Waals surface area contributed by atoms with E-state index in [9.17, 15) is 17.6 Å². The molecule has 2 aromatic carbocycles. The molecule has 3 aromatic rings. The summed E-state index contributed by atoms with van der Waals surface area (Å²) in [4.78, 5) is 13.9. The Morgan fingerprint density at radius 1 is 1.07 bits per heavy atom. The summed E-state index contributed by atoms with van der Waals surface area (Å²) in [6.07, 6.45) is 1.62. The topological polar surface area (TPSA) is 79.6 Å². The fourth-order valence-corrected chi connectivity index (χ4v) is 4.19. The van der Waals surface area contributed by atoms with Gasteiger partial charge in [-0.2, -0.15) is 4.72 Å². The summed E-state index contributed by atoms with van der Waals surface area (Å²) in [5.41, 5.74) is 0.772. The van der Waals surface area contributed by atoms with Gasteiger partial charge in [-0.1, -0.05) is 42.5 Å². The molecule has 0 spiro atoms. The molecule has 152 valence electrons. The van der Waals surface area contributed by atoms with E-state index in [1.807, 2.05) is 6.07 Å². The summed E-state index contributed by atoms with van der Waals surface area (Å²) in [6, 6.07) is 16.4. The van der Waals surface area contributed by atoms with Crippen molar-refractivity contribution in [2.75, 3.05) is 7.05 Å². The average Bonchev–Trinajstić information content (AvgIpc) is 3.20. The van der Waals surface area contributed by atoms with Crippen LogP contribution in [0.1, 0.15) is 11.3 Å². The molecule has 8 heteroatoms. The van der Waals surface area contributed by atoms with Crippen molar-refractivity contribution in [3.63, 3.8) is 0 Å². The first-order chi connectivity index (χ1) is 13.9. The molecule has 1 heterocycles. The minimum absolute atomic E-state index is 0.121. The molecule has 0 aliphatic rings. The summed E-state index contributed by atoms with van der Waals surface area (Å²) in [7, 11) is -2.69. The zero-order valence-electron chi connectivity index (χ0n) is 15.8. The molecule has 1 aromatic heterocycles. The zero-order valence-corrected chi connectivity index (χ0v) is 16.6. The molecule has 1 atom stereocenters. The maximum atomic E-state index is 14.0. The van der Waals surface area contributed by atoms with Crippen LogP contribution in [0.15, 0.2) is 82.3 Å². The fourth-order valence-electron chi connectivity index (χ4n) is 2.92. The highest BCUT2D eigenvalue weighted by Gasteiger charge is 2.30. The number of nitrogens with one attached hydrogen (secondary N) is 1. The number of benzene rings is 2. The molecule has 0 bridgehead atoms. The average molecular weight is 416 g/mol. The SMILES string of the molecule is CN(Cc1ccco1)C(=O)C(Cc1ccccc1)NS(=O)(=O)c1ccccc1F. The molecule has 1 unspecified atom stereocenters. The Hall–Kier alpha value is -2.97. The Labute approximate surface area is 169 Å². The van der Waals surface area contributed by atoms with Crippen molar-refractivity contribution < 1.29 is 22.0 Å². The summed E-state index contributed by atoms with van der Waals surface area (Å²) in [5, 5.41) is 0. The normalized spacial score (nSPS) is 12.5. The minimum atomic E-state index is -4.25. The van der Waals surface area contributed by atoms with Crippen molar-refractivity contribution in [3.05, 3.63) is 90.1 Å². The van der Waals surface area contributed by atoms with E-state index >= 15 is 0 Å². The van der Waals surface area contributed by atoms with E-state index in [-0.39, 0.29) is 13.0 Å². The van der Waals surface area contributed by atoms with Gasteiger partial charge in [0.2, 0.25) is 15.9 Å². The maximum Gasteiger partial charge on any atom is 0.244 e.